The molecule has 96 valence electrons. The van der Waals surface area contributed by atoms with E-state index in [4.69, 9.17) is 9.47 Å². The van der Waals surface area contributed by atoms with Crippen molar-refractivity contribution in [3.63, 3.8) is 0 Å². The number of nitrogens with zero attached hydrogens (tertiary/aromatic N) is 1. The summed E-state index contributed by atoms with van der Waals surface area (Å²) in [5.41, 5.74) is 0.990. The summed E-state index contributed by atoms with van der Waals surface area (Å²) in [6.07, 6.45) is 1.79. The molecule has 1 heterocycles. The predicted molar refractivity (Wildman–Crippen MR) is 69.5 cm³/mol. The molecule has 0 bridgehead atoms. The maximum Gasteiger partial charge on any atom is 0.213 e. The summed E-state index contributed by atoms with van der Waals surface area (Å²) in [4.78, 5) is 4.22. The van der Waals surface area contributed by atoms with Crippen molar-refractivity contribution in [2.75, 3.05) is 25.6 Å². The van der Waals surface area contributed by atoms with Gasteiger partial charge in [-0.1, -0.05) is 13.8 Å². The van der Waals surface area contributed by atoms with Crippen LogP contribution in [0.5, 0.6) is 5.88 Å². The molecule has 0 fully saturated rings. The van der Waals surface area contributed by atoms with Crippen molar-refractivity contribution in [1.82, 2.24) is 4.98 Å². The molecule has 0 radical (unpaired) electrons. The number of nitrogens with one attached hydrogen (secondary N) is 1. The van der Waals surface area contributed by atoms with Crippen LogP contribution >= 0.6 is 0 Å². The Hall–Kier alpha value is -1.29. The van der Waals surface area contributed by atoms with Crippen LogP contribution in [0.15, 0.2) is 18.3 Å². The predicted octanol–water partition coefficient (Wildman–Crippen LogP) is 2.56. The van der Waals surface area contributed by atoms with E-state index in [0.717, 1.165) is 5.69 Å². The lowest BCUT2D eigenvalue weighted by Gasteiger charge is -2.22. The lowest BCUT2D eigenvalue weighted by Crippen LogP contribution is -2.30. The van der Waals surface area contributed by atoms with E-state index in [1.54, 1.807) is 13.3 Å². The number of hydrogen-bond donors (Lipinski definition) is 1. The van der Waals surface area contributed by atoms with Crippen LogP contribution < -0.4 is 10.1 Å². The van der Waals surface area contributed by atoms with Crippen molar-refractivity contribution < 1.29 is 9.47 Å². The monoisotopic (exact) mass is 238 g/mol. The molecule has 4 nitrogen and oxygen atoms in total. The average molecular weight is 238 g/mol. The smallest absolute Gasteiger partial charge is 0.213 e. The quantitative estimate of drug-likeness (QED) is 0.793. The lowest BCUT2D eigenvalue weighted by atomic mass is 10.1. The highest BCUT2D eigenvalue weighted by molar-refractivity contribution is 5.43. The van der Waals surface area contributed by atoms with Crippen LogP contribution in [0.2, 0.25) is 0 Å². The summed E-state index contributed by atoms with van der Waals surface area (Å²) >= 11 is 0. The van der Waals surface area contributed by atoms with Crippen LogP contribution in [0.25, 0.3) is 0 Å². The van der Waals surface area contributed by atoms with Crippen molar-refractivity contribution in [3.8, 4) is 5.88 Å². The van der Waals surface area contributed by atoms with Gasteiger partial charge < -0.3 is 14.8 Å². The second-order valence-corrected chi connectivity index (χ2v) is 4.27. The highest BCUT2D eigenvalue weighted by atomic mass is 16.5. The minimum Gasteiger partial charge on any atom is -0.478 e. The molecule has 0 aliphatic heterocycles. The summed E-state index contributed by atoms with van der Waals surface area (Å²) in [7, 11) is 1.72. The summed E-state index contributed by atoms with van der Waals surface area (Å²) in [5.74, 6) is 1.16. The van der Waals surface area contributed by atoms with Crippen LogP contribution in [-0.2, 0) is 4.74 Å². The first kappa shape index (κ1) is 13.8. The van der Waals surface area contributed by atoms with E-state index in [9.17, 15) is 0 Å². The van der Waals surface area contributed by atoms with Gasteiger partial charge in [0.1, 0.15) is 0 Å². The van der Waals surface area contributed by atoms with Crippen molar-refractivity contribution in [2.45, 2.75) is 26.8 Å². The normalized spacial score (nSPS) is 12.5. The van der Waals surface area contributed by atoms with Crippen molar-refractivity contribution in [2.24, 2.45) is 5.92 Å². The molecule has 1 rings (SSSR count). The first-order valence-electron chi connectivity index (χ1n) is 6.01. The topological polar surface area (TPSA) is 43.4 Å². The molecule has 1 N–H and O–H groups in total. The number of hydrogen-bond acceptors (Lipinski definition) is 4. The molecule has 0 aliphatic rings. The SMILES string of the molecule is CCOc1ccc(NC(COC)C(C)C)cn1. The number of anilines is 1. The van der Waals surface area contributed by atoms with E-state index >= 15 is 0 Å². The first-order chi connectivity index (χ1) is 8.17. The fraction of sp³-hybridized carbons (Fsp3) is 0.615. The third kappa shape index (κ3) is 4.61. The fourth-order valence-electron chi connectivity index (χ4n) is 1.49. The molecule has 17 heavy (non-hydrogen) atoms. The van der Waals surface area contributed by atoms with Gasteiger partial charge in [-0.15, -0.1) is 0 Å². The van der Waals surface area contributed by atoms with Crippen LogP contribution in [0.3, 0.4) is 0 Å². The molecule has 0 spiro atoms. The van der Waals surface area contributed by atoms with E-state index in [2.05, 4.69) is 24.1 Å². The standard InChI is InChI=1S/C13H22N2O2/c1-5-17-13-7-6-11(8-14-13)15-12(9-16-4)10(2)3/h6-8,10,12,15H,5,9H2,1-4H3. The Bertz CT molecular complexity index is 312. The fourth-order valence-corrected chi connectivity index (χ4v) is 1.49. The van der Waals surface area contributed by atoms with E-state index in [-0.39, 0.29) is 0 Å². The van der Waals surface area contributed by atoms with Gasteiger partial charge in [-0.25, -0.2) is 4.98 Å². The van der Waals surface area contributed by atoms with Gasteiger partial charge in [0.25, 0.3) is 0 Å². The molecule has 0 saturated carbocycles. The van der Waals surface area contributed by atoms with Gasteiger partial charge in [0.2, 0.25) is 5.88 Å². The van der Waals surface area contributed by atoms with Gasteiger partial charge in [-0.3, -0.25) is 0 Å². The molecule has 0 amide bonds. The minimum absolute atomic E-state index is 0.291. The molecule has 1 aromatic rings. The zero-order valence-corrected chi connectivity index (χ0v) is 11.1. The molecular weight excluding hydrogens is 216 g/mol. The molecule has 1 aromatic heterocycles. The molecule has 4 heteroatoms. The number of ether oxygens (including phenoxy) is 2. The van der Waals surface area contributed by atoms with E-state index < -0.39 is 0 Å². The molecule has 0 aromatic carbocycles. The van der Waals surface area contributed by atoms with E-state index in [1.807, 2.05) is 19.1 Å². The first-order valence-corrected chi connectivity index (χ1v) is 6.01. The van der Waals surface area contributed by atoms with Crippen molar-refractivity contribution in [1.29, 1.82) is 0 Å². The second kappa shape index (κ2) is 7.12. The van der Waals surface area contributed by atoms with E-state index in [1.165, 1.54) is 0 Å². The summed E-state index contributed by atoms with van der Waals surface area (Å²) in [6.45, 7) is 7.60. The zero-order valence-electron chi connectivity index (χ0n) is 11.1. The maximum absolute atomic E-state index is 5.30. The molecule has 0 saturated heterocycles. The van der Waals surface area contributed by atoms with Crippen molar-refractivity contribution in [3.05, 3.63) is 18.3 Å². The highest BCUT2D eigenvalue weighted by Gasteiger charge is 2.12. The van der Waals surface area contributed by atoms with Gasteiger partial charge in [0, 0.05) is 13.2 Å². The Kier molecular flexibility index (Phi) is 5.77. The second-order valence-electron chi connectivity index (χ2n) is 4.27. The molecule has 1 unspecified atom stereocenters. The van der Waals surface area contributed by atoms with Crippen molar-refractivity contribution >= 4 is 5.69 Å². The van der Waals surface area contributed by atoms with Crippen LogP contribution in [0.4, 0.5) is 5.69 Å². The number of rotatable bonds is 7. The Labute approximate surface area is 103 Å². The summed E-state index contributed by atoms with van der Waals surface area (Å²) in [5, 5.41) is 3.41. The Morgan fingerprint density at radius 1 is 1.35 bits per heavy atom. The summed E-state index contributed by atoms with van der Waals surface area (Å²) < 4.78 is 10.5. The average Bonchev–Trinajstić information content (AvgIpc) is 2.31. The number of pyridine rings is 1. The van der Waals surface area contributed by atoms with Gasteiger partial charge in [-0.2, -0.15) is 0 Å². The highest BCUT2D eigenvalue weighted by Crippen LogP contribution is 2.15. The van der Waals surface area contributed by atoms with Crippen LogP contribution in [0, 0.1) is 5.92 Å². The van der Waals surface area contributed by atoms with Gasteiger partial charge in [-0.05, 0) is 18.9 Å². The number of methoxy groups -OCH3 is 1. The third-order valence-corrected chi connectivity index (χ3v) is 2.53. The molecule has 0 aliphatic carbocycles. The molecule has 1 atom stereocenters. The Morgan fingerprint density at radius 3 is 2.59 bits per heavy atom. The number of aromatic nitrogens is 1. The van der Waals surface area contributed by atoms with Crippen LogP contribution in [0.1, 0.15) is 20.8 Å². The van der Waals surface area contributed by atoms with Gasteiger partial charge in [0.15, 0.2) is 0 Å². The zero-order chi connectivity index (χ0) is 12.7. The largest absolute Gasteiger partial charge is 0.478 e. The van der Waals surface area contributed by atoms with Gasteiger partial charge in [0.05, 0.1) is 31.1 Å². The Morgan fingerprint density at radius 2 is 2.12 bits per heavy atom. The Balaban J connectivity index is 2.60. The van der Waals surface area contributed by atoms with E-state index in [0.29, 0.717) is 31.1 Å². The van der Waals surface area contributed by atoms with Gasteiger partial charge >= 0.3 is 0 Å². The summed E-state index contributed by atoms with van der Waals surface area (Å²) in [6, 6.07) is 4.14. The lowest BCUT2D eigenvalue weighted by molar-refractivity contribution is 0.171. The minimum atomic E-state index is 0.291. The maximum atomic E-state index is 5.30. The molecular formula is C13H22N2O2. The third-order valence-electron chi connectivity index (χ3n) is 2.53. The van der Waals surface area contributed by atoms with Crippen LogP contribution in [-0.4, -0.2) is 31.3 Å².